The Kier molecular flexibility index (Phi) is 7.83. The quantitative estimate of drug-likeness (QED) is 0.653. The average molecular weight is 407 g/mol. The van der Waals surface area contributed by atoms with E-state index in [0.29, 0.717) is 24.5 Å². The maximum absolute atomic E-state index is 13.2. The van der Waals surface area contributed by atoms with Crippen molar-refractivity contribution < 1.29 is 22.7 Å². The first-order valence-corrected chi connectivity index (χ1v) is 10.4. The number of sulfonamides is 1. The normalized spacial score (nSPS) is 11.3. The van der Waals surface area contributed by atoms with Gasteiger partial charge in [-0.3, -0.25) is 4.79 Å². The van der Waals surface area contributed by atoms with E-state index in [2.05, 4.69) is 5.32 Å². The van der Waals surface area contributed by atoms with Crippen LogP contribution in [0.1, 0.15) is 12.5 Å². The van der Waals surface area contributed by atoms with E-state index in [9.17, 15) is 13.2 Å². The maximum Gasteiger partial charge on any atom is 0.243 e. The Morgan fingerprint density at radius 2 is 1.71 bits per heavy atom. The molecule has 0 unspecified atom stereocenters. The van der Waals surface area contributed by atoms with Gasteiger partial charge in [0.2, 0.25) is 15.9 Å². The van der Waals surface area contributed by atoms with Gasteiger partial charge in [0.1, 0.15) is 0 Å². The Labute approximate surface area is 166 Å². The number of rotatable bonds is 10. The Balaban J connectivity index is 2.32. The summed E-state index contributed by atoms with van der Waals surface area (Å²) in [5.41, 5.74) is 0.992. The highest BCUT2D eigenvalue weighted by Crippen LogP contribution is 2.30. The standard InChI is InChI=1S/C20H26N2O5S/c1-4-21-20(23)15-22(13-12-16-8-6-5-7-9-16)28(24,25)17-10-11-18(26-2)19(14-17)27-3/h5-11,14H,4,12-13,15H2,1-3H3,(H,21,23). The van der Waals surface area contributed by atoms with Crippen molar-refractivity contribution in [2.45, 2.75) is 18.2 Å². The van der Waals surface area contributed by atoms with Crippen LogP contribution in [0.2, 0.25) is 0 Å². The fraction of sp³-hybridized carbons (Fsp3) is 0.350. The van der Waals surface area contributed by atoms with Crippen LogP contribution >= 0.6 is 0 Å². The van der Waals surface area contributed by atoms with Gasteiger partial charge in [0.15, 0.2) is 11.5 Å². The monoisotopic (exact) mass is 406 g/mol. The number of nitrogens with one attached hydrogen (secondary N) is 1. The zero-order chi connectivity index (χ0) is 20.6. The zero-order valence-electron chi connectivity index (χ0n) is 16.3. The molecule has 0 bridgehead atoms. The number of likely N-dealkylation sites (N-methyl/N-ethyl adjacent to an activating group) is 1. The summed E-state index contributed by atoms with van der Waals surface area (Å²) in [5, 5.41) is 2.65. The van der Waals surface area contributed by atoms with Crippen molar-refractivity contribution in [2.24, 2.45) is 0 Å². The Morgan fingerprint density at radius 1 is 1.04 bits per heavy atom. The van der Waals surface area contributed by atoms with E-state index in [1.54, 1.807) is 6.92 Å². The molecule has 0 fully saturated rings. The minimum absolute atomic E-state index is 0.0440. The summed E-state index contributed by atoms with van der Waals surface area (Å²) in [6.45, 7) is 2.14. The lowest BCUT2D eigenvalue weighted by Gasteiger charge is -2.22. The van der Waals surface area contributed by atoms with E-state index < -0.39 is 10.0 Å². The van der Waals surface area contributed by atoms with Crippen LogP contribution in [-0.2, 0) is 21.2 Å². The highest BCUT2D eigenvalue weighted by Gasteiger charge is 2.27. The van der Waals surface area contributed by atoms with E-state index >= 15 is 0 Å². The summed E-state index contributed by atoms with van der Waals surface area (Å²) in [6, 6.07) is 13.9. The lowest BCUT2D eigenvalue weighted by molar-refractivity contribution is -0.121. The molecule has 0 radical (unpaired) electrons. The molecule has 1 amide bonds. The lowest BCUT2D eigenvalue weighted by Crippen LogP contribution is -2.41. The second-order valence-electron chi connectivity index (χ2n) is 6.04. The van der Waals surface area contributed by atoms with Gasteiger partial charge >= 0.3 is 0 Å². The average Bonchev–Trinajstić information content (AvgIpc) is 2.71. The molecular formula is C20H26N2O5S. The van der Waals surface area contributed by atoms with Crippen LogP contribution in [0.15, 0.2) is 53.4 Å². The van der Waals surface area contributed by atoms with Crippen LogP contribution in [0.25, 0.3) is 0 Å². The van der Waals surface area contributed by atoms with Crippen LogP contribution in [0.3, 0.4) is 0 Å². The Morgan fingerprint density at radius 3 is 2.32 bits per heavy atom. The second-order valence-corrected chi connectivity index (χ2v) is 7.98. The van der Waals surface area contributed by atoms with Crippen LogP contribution < -0.4 is 14.8 Å². The minimum atomic E-state index is -3.91. The molecule has 0 aliphatic rings. The molecular weight excluding hydrogens is 380 g/mol. The molecule has 7 nitrogen and oxygen atoms in total. The third kappa shape index (κ3) is 5.46. The molecule has 0 spiro atoms. The van der Waals surface area contributed by atoms with Gasteiger partial charge < -0.3 is 14.8 Å². The molecule has 0 aliphatic carbocycles. The molecule has 28 heavy (non-hydrogen) atoms. The third-order valence-electron chi connectivity index (χ3n) is 4.18. The highest BCUT2D eigenvalue weighted by atomic mass is 32.2. The second kappa shape index (κ2) is 10.1. The SMILES string of the molecule is CCNC(=O)CN(CCc1ccccc1)S(=O)(=O)c1ccc(OC)c(OC)c1. The first-order valence-electron chi connectivity index (χ1n) is 8.95. The van der Waals surface area contributed by atoms with E-state index in [1.807, 2.05) is 30.3 Å². The molecule has 0 saturated heterocycles. The van der Waals surface area contributed by atoms with Crippen molar-refractivity contribution in [3.63, 3.8) is 0 Å². The number of hydrogen-bond acceptors (Lipinski definition) is 5. The number of hydrogen-bond donors (Lipinski definition) is 1. The number of benzene rings is 2. The van der Waals surface area contributed by atoms with Gasteiger partial charge in [0.05, 0.1) is 25.7 Å². The molecule has 2 aromatic carbocycles. The Bertz CT molecular complexity index is 885. The van der Waals surface area contributed by atoms with Gasteiger partial charge in [-0.1, -0.05) is 30.3 Å². The summed E-state index contributed by atoms with van der Waals surface area (Å²) < 4.78 is 38.0. The lowest BCUT2D eigenvalue weighted by atomic mass is 10.1. The van der Waals surface area contributed by atoms with Crippen molar-refractivity contribution in [2.75, 3.05) is 33.9 Å². The van der Waals surface area contributed by atoms with Crippen LogP contribution in [0.4, 0.5) is 0 Å². The van der Waals surface area contributed by atoms with Crippen molar-refractivity contribution in [3.8, 4) is 11.5 Å². The maximum atomic E-state index is 13.2. The Hall–Kier alpha value is -2.58. The number of methoxy groups -OCH3 is 2. The van der Waals surface area contributed by atoms with Crippen molar-refractivity contribution in [1.29, 1.82) is 0 Å². The van der Waals surface area contributed by atoms with Gasteiger partial charge in [0, 0.05) is 19.2 Å². The van der Waals surface area contributed by atoms with Crippen LogP contribution in [0.5, 0.6) is 11.5 Å². The molecule has 1 N–H and O–H groups in total. The van der Waals surface area contributed by atoms with Gasteiger partial charge in [-0.15, -0.1) is 0 Å². The van der Waals surface area contributed by atoms with E-state index in [-0.39, 0.29) is 23.9 Å². The molecule has 8 heteroatoms. The first-order chi connectivity index (χ1) is 13.4. The molecule has 0 heterocycles. The van der Waals surface area contributed by atoms with Crippen LogP contribution in [-0.4, -0.2) is 52.5 Å². The molecule has 0 atom stereocenters. The van der Waals surface area contributed by atoms with Gasteiger partial charge in [-0.25, -0.2) is 8.42 Å². The van der Waals surface area contributed by atoms with Crippen LogP contribution in [0, 0.1) is 0 Å². The molecule has 2 rings (SSSR count). The zero-order valence-corrected chi connectivity index (χ0v) is 17.2. The fourth-order valence-electron chi connectivity index (χ4n) is 2.72. The molecule has 2 aromatic rings. The predicted molar refractivity (Wildman–Crippen MR) is 107 cm³/mol. The van der Waals surface area contributed by atoms with E-state index in [0.717, 1.165) is 5.56 Å². The molecule has 152 valence electrons. The van der Waals surface area contributed by atoms with Crippen molar-refractivity contribution in [3.05, 3.63) is 54.1 Å². The fourth-order valence-corrected chi connectivity index (χ4v) is 4.13. The molecule has 0 aliphatic heterocycles. The summed E-state index contributed by atoms with van der Waals surface area (Å²) >= 11 is 0. The third-order valence-corrected chi connectivity index (χ3v) is 6.02. The summed E-state index contributed by atoms with van der Waals surface area (Å²) in [4.78, 5) is 12.1. The van der Waals surface area contributed by atoms with E-state index in [4.69, 9.17) is 9.47 Å². The number of carbonyl (C=O) groups excluding carboxylic acids is 1. The molecule has 0 saturated carbocycles. The smallest absolute Gasteiger partial charge is 0.243 e. The topological polar surface area (TPSA) is 84.9 Å². The predicted octanol–water partition coefficient (Wildman–Crippen LogP) is 2.07. The van der Waals surface area contributed by atoms with Crippen molar-refractivity contribution in [1.82, 2.24) is 9.62 Å². The van der Waals surface area contributed by atoms with E-state index in [1.165, 1.54) is 36.7 Å². The van der Waals surface area contributed by atoms with Gasteiger partial charge in [0.25, 0.3) is 0 Å². The number of carbonyl (C=O) groups is 1. The number of nitrogens with zero attached hydrogens (tertiary/aromatic N) is 1. The summed E-state index contributed by atoms with van der Waals surface area (Å²) in [6.07, 6.45) is 0.493. The van der Waals surface area contributed by atoms with Crippen molar-refractivity contribution >= 4 is 15.9 Å². The largest absolute Gasteiger partial charge is 0.493 e. The molecule has 0 aromatic heterocycles. The summed E-state index contributed by atoms with van der Waals surface area (Å²) in [5.74, 6) is 0.394. The minimum Gasteiger partial charge on any atom is -0.493 e. The van der Waals surface area contributed by atoms with Gasteiger partial charge in [-0.2, -0.15) is 4.31 Å². The summed E-state index contributed by atoms with van der Waals surface area (Å²) in [7, 11) is -0.985. The number of amides is 1. The first kappa shape index (κ1) is 21.7. The highest BCUT2D eigenvalue weighted by molar-refractivity contribution is 7.89. The number of ether oxygens (including phenoxy) is 2. The van der Waals surface area contributed by atoms with Gasteiger partial charge in [-0.05, 0) is 31.0 Å².